The van der Waals surface area contributed by atoms with Crippen LogP contribution in [-0.4, -0.2) is 52.4 Å². The zero-order chi connectivity index (χ0) is 22.7. The number of rotatable bonds is 4. The average molecular weight is 421 g/mol. The highest BCUT2D eigenvalue weighted by atomic mass is 16.6. The maximum Gasteiger partial charge on any atom is 0.408 e. The van der Waals surface area contributed by atoms with E-state index in [2.05, 4.69) is 5.32 Å². The van der Waals surface area contributed by atoms with E-state index < -0.39 is 40.6 Å². The molecule has 8 heteroatoms. The normalized spacial score (nSPS) is 21.8. The van der Waals surface area contributed by atoms with Gasteiger partial charge in [-0.05, 0) is 31.7 Å². The molecule has 1 saturated heterocycles. The van der Waals surface area contributed by atoms with Crippen LogP contribution in [0.25, 0.3) is 0 Å². The van der Waals surface area contributed by atoms with Gasteiger partial charge in [-0.25, -0.2) is 9.59 Å². The van der Waals surface area contributed by atoms with Gasteiger partial charge in [-0.15, -0.1) is 0 Å². The lowest BCUT2D eigenvalue weighted by Gasteiger charge is -2.45. The third-order valence-electron chi connectivity index (χ3n) is 5.28. The van der Waals surface area contributed by atoms with Crippen LogP contribution in [0.3, 0.4) is 0 Å². The molecule has 8 nitrogen and oxygen atoms in total. The van der Waals surface area contributed by atoms with Crippen LogP contribution in [0.4, 0.5) is 9.59 Å². The molecule has 2 N–H and O–H groups in total. The lowest BCUT2D eigenvalue weighted by atomic mass is 9.67. The molecule has 166 valence electrons. The topological polar surface area (TPSA) is 105 Å². The number of carbonyl (C=O) groups is 3. The van der Waals surface area contributed by atoms with E-state index in [4.69, 9.17) is 9.47 Å². The second kappa shape index (κ2) is 8.53. The first-order valence-corrected chi connectivity index (χ1v) is 9.95. The Morgan fingerprint density at radius 1 is 1.13 bits per heavy atom. The maximum absolute atomic E-state index is 13.0. The second-order valence-electron chi connectivity index (χ2n) is 9.66. The van der Waals surface area contributed by atoms with Crippen LogP contribution in [-0.2, 0) is 20.9 Å². The van der Waals surface area contributed by atoms with Gasteiger partial charge in [0, 0.05) is 13.1 Å². The van der Waals surface area contributed by atoms with E-state index in [9.17, 15) is 19.5 Å². The zero-order valence-electron chi connectivity index (χ0n) is 18.5. The number of ether oxygens (including phenoxy) is 2. The monoisotopic (exact) mass is 420 g/mol. The summed E-state index contributed by atoms with van der Waals surface area (Å²) in [6.45, 7) is 10.7. The van der Waals surface area contributed by atoms with Crippen LogP contribution >= 0.6 is 0 Å². The van der Waals surface area contributed by atoms with Crippen LogP contribution in [0.15, 0.2) is 30.3 Å². The highest BCUT2D eigenvalue weighted by Crippen LogP contribution is 2.43. The van der Waals surface area contributed by atoms with Crippen LogP contribution in [0.5, 0.6) is 0 Å². The second-order valence-corrected chi connectivity index (χ2v) is 9.66. The lowest BCUT2D eigenvalue weighted by Crippen LogP contribution is -2.64. The summed E-state index contributed by atoms with van der Waals surface area (Å²) in [7, 11) is 0. The van der Waals surface area contributed by atoms with Crippen molar-refractivity contribution in [1.82, 2.24) is 10.2 Å². The van der Waals surface area contributed by atoms with Gasteiger partial charge in [-0.1, -0.05) is 51.1 Å². The molecule has 2 unspecified atom stereocenters. The van der Waals surface area contributed by atoms with Gasteiger partial charge in [-0.2, -0.15) is 0 Å². The molecule has 1 heterocycles. The molecule has 1 aromatic carbocycles. The van der Waals surface area contributed by atoms with E-state index in [1.54, 1.807) is 20.8 Å². The molecule has 0 spiro atoms. The Morgan fingerprint density at radius 2 is 1.73 bits per heavy atom. The molecule has 1 fully saturated rings. The van der Waals surface area contributed by atoms with Gasteiger partial charge >= 0.3 is 18.2 Å². The fourth-order valence-corrected chi connectivity index (χ4v) is 3.66. The van der Waals surface area contributed by atoms with Crippen molar-refractivity contribution < 1.29 is 29.0 Å². The van der Waals surface area contributed by atoms with Crippen molar-refractivity contribution >= 4 is 18.2 Å². The number of amides is 2. The molecule has 1 aliphatic heterocycles. The van der Waals surface area contributed by atoms with Gasteiger partial charge in [0.2, 0.25) is 0 Å². The van der Waals surface area contributed by atoms with E-state index in [1.165, 1.54) is 0 Å². The first-order chi connectivity index (χ1) is 13.7. The number of likely N-dealkylation sites (tertiary alicyclic amines) is 1. The molecular weight excluding hydrogens is 388 g/mol. The summed E-state index contributed by atoms with van der Waals surface area (Å²) in [5.41, 5.74) is -1.78. The summed E-state index contributed by atoms with van der Waals surface area (Å²) in [5.74, 6) is -1.43. The van der Waals surface area contributed by atoms with E-state index in [1.807, 2.05) is 51.1 Å². The Balaban J connectivity index is 2.30. The van der Waals surface area contributed by atoms with Crippen molar-refractivity contribution in [2.45, 2.75) is 59.3 Å². The minimum Gasteiger partial charge on any atom is -0.465 e. The predicted molar refractivity (Wildman–Crippen MR) is 111 cm³/mol. The smallest absolute Gasteiger partial charge is 0.408 e. The molecule has 0 bridgehead atoms. The van der Waals surface area contributed by atoms with Crippen LogP contribution in [0, 0.1) is 11.3 Å². The molecule has 2 rings (SSSR count). The molecule has 1 aromatic rings. The van der Waals surface area contributed by atoms with Crippen LogP contribution in [0.2, 0.25) is 0 Å². The fourth-order valence-electron chi connectivity index (χ4n) is 3.66. The number of nitrogens with zero attached hydrogens (tertiary/aromatic N) is 1. The van der Waals surface area contributed by atoms with Crippen molar-refractivity contribution in [2.75, 3.05) is 13.1 Å². The molecule has 0 aromatic heterocycles. The number of benzene rings is 1. The van der Waals surface area contributed by atoms with Gasteiger partial charge in [0.15, 0.2) is 0 Å². The van der Waals surface area contributed by atoms with Crippen molar-refractivity contribution in [3.63, 3.8) is 0 Å². The predicted octanol–water partition coefficient (Wildman–Crippen LogP) is 3.65. The van der Waals surface area contributed by atoms with Gasteiger partial charge in [-0.3, -0.25) is 4.79 Å². The largest absolute Gasteiger partial charge is 0.465 e. The van der Waals surface area contributed by atoms with Crippen LogP contribution in [0.1, 0.15) is 47.1 Å². The third kappa shape index (κ3) is 5.43. The SMILES string of the molecule is CC(C)(C)OC(=O)C1CN(C(=O)O)CC1(NC(=O)OCc1ccccc1)C(C)(C)C. The molecule has 2 atom stereocenters. The van der Waals surface area contributed by atoms with Crippen LogP contribution < -0.4 is 5.32 Å². The van der Waals surface area contributed by atoms with Gasteiger partial charge in [0.25, 0.3) is 0 Å². The minimum absolute atomic E-state index is 0.0455. The minimum atomic E-state index is -1.19. The van der Waals surface area contributed by atoms with Gasteiger partial charge < -0.3 is 24.8 Å². The van der Waals surface area contributed by atoms with Gasteiger partial charge in [0.05, 0.1) is 11.5 Å². The summed E-state index contributed by atoms with van der Waals surface area (Å²) in [5, 5.41) is 12.4. The Kier molecular flexibility index (Phi) is 6.69. The first-order valence-electron chi connectivity index (χ1n) is 9.95. The zero-order valence-corrected chi connectivity index (χ0v) is 18.5. The number of nitrogens with one attached hydrogen (secondary N) is 1. The van der Waals surface area contributed by atoms with E-state index in [0.717, 1.165) is 10.5 Å². The summed E-state index contributed by atoms with van der Waals surface area (Å²) < 4.78 is 10.9. The number of carbonyl (C=O) groups excluding carboxylic acids is 2. The maximum atomic E-state index is 13.0. The molecule has 0 aliphatic carbocycles. The molecular formula is C22H32N2O6. The lowest BCUT2D eigenvalue weighted by molar-refractivity contribution is -0.163. The average Bonchev–Trinajstić information content (AvgIpc) is 3.00. The number of hydrogen-bond acceptors (Lipinski definition) is 5. The summed E-state index contributed by atoms with van der Waals surface area (Å²) >= 11 is 0. The Bertz CT molecular complexity index is 781. The summed E-state index contributed by atoms with van der Waals surface area (Å²) in [4.78, 5) is 38.6. The quantitative estimate of drug-likeness (QED) is 0.721. The van der Waals surface area contributed by atoms with Crippen molar-refractivity contribution in [3.05, 3.63) is 35.9 Å². The third-order valence-corrected chi connectivity index (χ3v) is 5.28. The van der Waals surface area contributed by atoms with Crippen molar-refractivity contribution in [3.8, 4) is 0 Å². The summed E-state index contributed by atoms with van der Waals surface area (Å²) in [6.07, 6.45) is -1.87. The Morgan fingerprint density at radius 3 is 2.23 bits per heavy atom. The molecule has 0 saturated carbocycles. The first kappa shape index (κ1) is 23.5. The van der Waals surface area contributed by atoms with E-state index in [-0.39, 0.29) is 19.7 Å². The standard InChI is InChI=1S/C22H32N2O6/c1-20(2,3)22(23-18(26)29-13-15-10-8-7-9-11-15)14-24(19(27)28)12-16(22)17(25)30-21(4,5)6/h7-11,16H,12-14H2,1-6H3,(H,23,26)(H,27,28). The van der Waals surface area contributed by atoms with Gasteiger partial charge in [0.1, 0.15) is 12.2 Å². The fraction of sp³-hybridized carbons (Fsp3) is 0.591. The number of esters is 1. The number of alkyl carbamates (subject to hydrolysis) is 1. The Labute approximate surface area is 177 Å². The highest BCUT2D eigenvalue weighted by Gasteiger charge is 2.59. The van der Waals surface area contributed by atoms with Crippen molar-refractivity contribution in [1.29, 1.82) is 0 Å². The van der Waals surface area contributed by atoms with E-state index >= 15 is 0 Å². The Hall–Kier alpha value is -2.77. The summed E-state index contributed by atoms with van der Waals surface area (Å²) in [6, 6.07) is 9.21. The van der Waals surface area contributed by atoms with Crippen molar-refractivity contribution in [2.24, 2.45) is 11.3 Å². The number of hydrogen-bond donors (Lipinski definition) is 2. The molecule has 2 amide bonds. The number of carboxylic acid groups (broad SMARTS) is 1. The molecule has 1 aliphatic rings. The molecule has 30 heavy (non-hydrogen) atoms. The van der Waals surface area contributed by atoms with E-state index in [0.29, 0.717) is 0 Å². The molecule has 0 radical (unpaired) electrons. The highest BCUT2D eigenvalue weighted by molar-refractivity contribution is 5.80.